The fourth-order valence-corrected chi connectivity index (χ4v) is 4.35. The van der Waals surface area contributed by atoms with E-state index in [-0.39, 0.29) is 16.6 Å². The molecule has 4 rings (SSSR count). The molecule has 0 aromatic heterocycles. The molecular weight excluding hydrogens is 478 g/mol. The van der Waals surface area contributed by atoms with Crippen LogP contribution in [0.15, 0.2) is 66.2 Å². The number of nitrogens with one attached hydrogen (secondary N) is 1. The first-order valence-electron chi connectivity index (χ1n) is 11.8. The summed E-state index contributed by atoms with van der Waals surface area (Å²) in [7, 11) is 0. The highest BCUT2D eigenvalue weighted by Crippen LogP contribution is 2.28. The van der Waals surface area contributed by atoms with Crippen LogP contribution in [0.5, 0.6) is 11.5 Å². The van der Waals surface area contributed by atoms with Gasteiger partial charge in [0.05, 0.1) is 5.69 Å². The Kier molecular flexibility index (Phi) is 7.40. The quantitative estimate of drug-likeness (QED) is 0.363. The average Bonchev–Trinajstić information content (AvgIpc) is 2.82. The van der Waals surface area contributed by atoms with Gasteiger partial charge in [-0.3, -0.25) is 19.8 Å². The molecule has 2 aromatic carbocycles. The van der Waals surface area contributed by atoms with E-state index in [0.717, 1.165) is 12.8 Å². The fourth-order valence-electron chi connectivity index (χ4n) is 4.07. The van der Waals surface area contributed by atoms with Crippen molar-refractivity contribution >= 4 is 40.9 Å². The molecule has 0 aliphatic carbocycles. The number of hydrogen-bond acceptors (Lipinski definition) is 6. The molecule has 0 radical (unpaired) electrons. The van der Waals surface area contributed by atoms with Gasteiger partial charge >= 0.3 is 6.09 Å². The Morgan fingerprint density at radius 3 is 2.39 bits per heavy atom. The van der Waals surface area contributed by atoms with Crippen LogP contribution in [-0.2, 0) is 14.3 Å². The van der Waals surface area contributed by atoms with Crippen molar-refractivity contribution in [3.05, 3.63) is 66.2 Å². The number of amides is 3. The van der Waals surface area contributed by atoms with Crippen LogP contribution in [0, 0.1) is 5.92 Å². The number of ether oxygens (including phenoxy) is 2. The van der Waals surface area contributed by atoms with Gasteiger partial charge in [0, 0.05) is 13.1 Å². The van der Waals surface area contributed by atoms with Crippen LogP contribution in [-0.4, -0.2) is 46.6 Å². The maximum atomic E-state index is 13.4. The van der Waals surface area contributed by atoms with Crippen molar-refractivity contribution in [1.82, 2.24) is 10.2 Å². The van der Waals surface area contributed by atoms with Crippen LogP contribution >= 0.6 is 12.2 Å². The summed E-state index contributed by atoms with van der Waals surface area (Å²) in [5.41, 5.74) is -0.0841. The normalized spacial score (nSPS) is 19.8. The van der Waals surface area contributed by atoms with Crippen LogP contribution in [0.4, 0.5) is 10.5 Å². The van der Waals surface area contributed by atoms with E-state index in [1.165, 1.54) is 4.90 Å². The zero-order chi connectivity index (χ0) is 25.9. The second-order valence-electron chi connectivity index (χ2n) is 9.72. The molecule has 2 saturated heterocycles. The number of carbonyl (C=O) groups is 3. The summed E-state index contributed by atoms with van der Waals surface area (Å²) in [4.78, 5) is 41.5. The molecule has 2 aromatic rings. The van der Waals surface area contributed by atoms with Crippen LogP contribution in [0.3, 0.4) is 0 Å². The largest absolute Gasteiger partial charge is 0.457 e. The smallest absolute Gasteiger partial charge is 0.410 e. The third-order valence-electron chi connectivity index (χ3n) is 5.69. The molecule has 2 aliphatic rings. The lowest BCUT2D eigenvalue weighted by Gasteiger charge is -2.34. The molecule has 0 spiro atoms. The third kappa shape index (κ3) is 6.09. The first-order chi connectivity index (χ1) is 17.1. The molecule has 1 unspecified atom stereocenters. The zero-order valence-corrected chi connectivity index (χ0v) is 21.3. The molecule has 1 N–H and O–H groups in total. The molecular formula is C27H29N3O5S. The molecule has 36 heavy (non-hydrogen) atoms. The van der Waals surface area contributed by atoms with Gasteiger partial charge in [-0.2, -0.15) is 0 Å². The van der Waals surface area contributed by atoms with Gasteiger partial charge in [0.25, 0.3) is 11.8 Å². The van der Waals surface area contributed by atoms with Gasteiger partial charge in [0.1, 0.15) is 22.7 Å². The minimum Gasteiger partial charge on any atom is -0.457 e. The molecule has 3 amide bonds. The number of nitrogens with zero attached hydrogens (tertiary/aromatic N) is 2. The number of likely N-dealkylation sites (tertiary alicyclic amines) is 1. The highest BCUT2D eigenvalue weighted by Gasteiger charge is 2.36. The summed E-state index contributed by atoms with van der Waals surface area (Å²) in [5.74, 6) is 0.0884. The summed E-state index contributed by atoms with van der Waals surface area (Å²) in [6, 6.07) is 16.2. The maximum absolute atomic E-state index is 13.4. The average molecular weight is 508 g/mol. The van der Waals surface area contributed by atoms with Gasteiger partial charge in [-0.05, 0) is 88.1 Å². The van der Waals surface area contributed by atoms with Crippen LogP contribution in [0.25, 0.3) is 0 Å². The molecule has 1 atom stereocenters. The minimum absolute atomic E-state index is 0.00394. The summed E-state index contributed by atoms with van der Waals surface area (Å²) in [6.45, 7) is 6.39. The van der Waals surface area contributed by atoms with Crippen LogP contribution in [0.2, 0.25) is 0 Å². The van der Waals surface area contributed by atoms with Gasteiger partial charge in [0.2, 0.25) is 0 Å². The third-order valence-corrected chi connectivity index (χ3v) is 5.97. The Morgan fingerprint density at radius 1 is 1.06 bits per heavy atom. The Morgan fingerprint density at radius 2 is 1.72 bits per heavy atom. The van der Waals surface area contributed by atoms with Gasteiger partial charge in [-0.25, -0.2) is 4.79 Å². The number of rotatable bonds is 4. The van der Waals surface area contributed by atoms with Crippen molar-refractivity contribution in [2.45, 2.75) is 39.2 Å². The fraction of sp³-hybridized carbons (Fsp3) is 0.333. The minimum atomic E-state index is -0.598. The predicted molar refractivity (Wildman–Crippen MR) is 140 cm³/mol. The lowest BCUT2D eigenvalue weighted by Crippen LogP contribution is -2.54. The van der Waals surface area contributed by atoms with Crippen molar-refractivity contribution in [2.75, 3.05) is 18.0 Å². The van der Waals surface area contributed by atoms with Crippen molar-refractivity contribution in [3.8, 4) is 11.5 Å². The lowest BCUT2D eigenvalue weighted by atomic mass is 9.94. The maximum Gasteiger partial charge on any atom is 0.410 e. The molecule has 0 saturated carbocycles. The Labute approximate surface area is 215 Å². The van der Waals surface area contributed by atoms with Gasteiger partial charge in [-0.15, -0.1) is 0 Å². The van der Waals surface area contributed by atoms with Crippen molar-refractivity contribution in [2.24, 2.45) is 5.92 Å². The molecule has 8 nitrogen and oxygen atoms in total. The Hall–Kier alpha value is -3.72. The van der Waals surface area contributed by atoms with Crippen molar-refractivity contribution in [3.63, 3.8) is 0 Å². The molecule has 0 bridgehead atoms. The Bertz CT molecular complexity index is 1190. The van der Waals surface area contributed by atoms with Gasteiger partial charge in [0.15, 0.2) is 5.11 Å². The Balaban J connectivity index is 1.49. The van der Waals surface area contributed by atoms with Crippen LogP contribution < -0.4 is 15.0 Å². The SMILES string of the molecule is CC(C)(C)OC(=O)N1CCCC(/C=C2\C(=O)NC(=S)N(c3ccc(Oc4ccccc4)cc3)C2=O)C1. The molecule has 2 aliphatic heterocycles. The standard InChI is InChI=1S/C27H29N3O5S/c1-27(2,3)35-26(33)29-15-7-8-18(17-29)16-22-23(31)28-25(36)30(24(22)32)19-11-13-21(14-12-19)34-20-9-5-4-6-10-20/h4-6,9-14,16,18H,7-8,15,17H2,1-3H3,(H,28,31,36)/b22-16+. The monoisotopic (exact) mass is 507 g/mol. The van der Waals surface area contributed by atoms with Crippen molar-refractivity contribution < 1.29 is 23.9 Å². The number of carbonyl (C=O) groups excluding carboxylic acids is 3. The van der Waals surface area contributed by atoms with E-state index in [2.05, 4.69) is 5.32 Å². The van der Waals surface area contributed by atoms with E-state index in [1.807, 2.05) is 51.1 Å². The lowest BCUT2D eigenvalue weighted by molar-refractivity contribution is -0.122. The number of para-hydroxylation sites is 1. The summed E-state index contributed by atoms with van der Waals surface area (Å²) in [5, 5.41) is 2.62. The first kappa shape index (κ1) is 25.4. The topological polar surface area (TPSA) is 88.2 Å². The van der Waals surface area contributed by atoms with Gasteiger partial charge in [-0.1, -0.05) is 24.3 Å². The summed E-state index contributed by atoms with van der Waals surface area (Å²) >= 11 is 5.31. The molecule has 188 valence electrons. The first-order valence-corrected chi connectivity index (χ1v) is 12.2. The molecule has 2 heterocycles. The zero-order valence-electron chi connectivity index (χ0n) is 20.5. The molecule has 2 fully saturated rings. The van der Waals surface area contributed by atoms with E-state index >= 15 is 0 Å². The van der Waals surface area contributed by atoms with Gasteiger partial charge < -0.3 is 14.4 Å². The number of piperidine rings is 1. The predicted octanol–water partition coefficient (Wildman–Crippen LogP) is 4.80. The van der Waals surface area contributed by atoms with E-state index in [4.69, 9.17) is 21.7 Å². The van der Waals surface area contributed by atoms with Crippen LogP contribution in [0.1, 0.15) is 33.6 Å². The van der Waals surface area contributed by atoms with E-state index in [9.17, 15) is 14.4 Å². The highest BCUT2D eigenvalue weighted by atomic mass is 32.1. The number of benzene rings is 2. The summed E-state index contributed by atoms with van der Waals surface area (Å²) < 4.78 is 11.3. The van der Waals surface area contributed by atoms with E-state index in [1.54, 1.807) is 35.2 Å². The molecule has 9 heteroatoms. The van der Waals surface area contributed by atoms with E-state index in [0.29, 0.717) is 30.3 Å². The second-order valence-corrected chi connectivity index (χ2v) is 10.1. The number of anilines is 1. The van der Waals surface area contributed by atoms with Crippen molar-refractivity contribution in [1.29, 1.82) is 0 Å². The number of hydrogen-bond donors (Lipinski definition) is 1. The number of thiocarbonyl (C=S) groups is 1. The highest BCUT2D eigenvalue weighted by molar-refractivity contribution is 7.80. The summed E-state index contributed by atoms with van der Waals surface area (Å²) in [6.07, 6.45) is 2.74. The van der Waals surface area contributed by atoms with E-state index < -0.39 is 23.5 Å². The second kappa shape index (κ2) is 10.5.